The van der Waals surface area contributed by atoms with Crippen LogP contribution in [0.4, 0.5) is 0 Å². The molecule has 0 radical (unpaired) electrons. The van der Waals surface area contributed by atoms with Crippen LogP contribution in [-0.4, -0.2) is 35.8 Å². The minimum absolute atomic E-state index is 0. The Kier molecular flexibility index (Phi) is 25.0. The van der Waals surface area contributed by atoms with Crippen molar-refractivity contribution in [3.8, 4) is 0 Å². The maximum atomic E-state index is 11.0. The molecule has 0 aliphatic carbocycles. The summed E-state index contributed by atoms with van der Waals surface area (Å²) in [6, 6.07) is 0. The number of hydrogen-bond donors (Lipinski definition) is 0. The number of carbonyl (C=O) groups is 6. The summed E-state index contributed by atoms with van der Waals surface area (Å²) in [5, 5.41) is 66.0. The maximum Gasteiger partial charge on any atom is 1.00 e. The van der Waals surface area contributed by atoms with Gasteiger partial charge in [0.15, 0.2) is 0 Å². The first-order valence-corrected chi connectivity index (χ1v) is 5.45. The Balaban J connectivity index is -0.000000240. The fourth-order valence-corrected chi connectivity index (χ4v) is 1.97. The van der Waals surface area contributed by atoms with Crippen LogP contribution in [0.1, 0.15) is 62.1 Å². The van der Waals surface area contributed by atoms with E-state index in [2.05, 4.69) is 0 Å². The predicted molar refractivity (Wildman–Crippen MR) is 52.4 cm³/mol. The van der Waals surface area contributed by atoms with Gasteiger partial charge in [-0.1, -0.05) is 0 Å². The van der Waals surface area contributed by atoms with Gasteiger partial charge in [-0.2, -0.15) is 0 Å². The molecule has 0 fully saturated rings. The Morgan fingerprint density at radius 2 is 0.367 bits per heavy atom. The van der Waals surface area contributed by atoms with Crippen LogP contribution in [0.2, 0.25) is 0 Å². The molecule has 1 aromatic rings. The van der Waals surface area contributed by atoms with E-state index in [-0.39, 0.29) is 113 Å². The van der Waals surface area contributed by atoms with Gasteiger partial charge in [-0.05, 0) is 0 Å². The van der Waals surface area contributed by atoms with Gasteiger partial charge in [0.25, 0.3) is 0 Å². The first kappa shape index (κ1) is 43.5. The molecule has 0 aliphatic rings. The van der Waals surface area contributed by atoms with Crippen molar-refractivity contribution in [1.82, 2.24) is 0 Å². The molecule has 1 aromatic carbocycles. The number of rotatable bonds is 6. The zero-order chi connectivity index (χ0) is 18.9. The second kappa shape index (κ2) is 17.2. The Bertz CT molecular complexity index is 655. The van der Waals surface area contributed by atoms with E-state index < -0.39 is 69.2 Å². The molecule has 0 saturated heterocycles. The molecule has 0 spiro atoms. The quantitative estimate of drug-likeness (QED) is 0.419. The number of aromatic carboxylic acids is 6. The summed E-state index contributed by atoms with van der Waals surface area (Å²) in [7, 11) is 0. The van der Waals surface area contributed by atoms with Crippen LogP contribution in [0.15, 0.2) is 0 Å². The molecule has 0 unspecified atom stereocenters. The summed E-state index contributed by atoms with van der Waals surface area (Å²) in [6.45, 7) is 0. The van der Waals surface area contributed by atoms with E-state index in [1.165, 1.54) is 0 Å². The number of hydrogen-bond acceptors (Lipinski definition) is 12. The van der Waals surface area contributed by atoms with E-state index in [0.717, 1.165) is 0 Å². The van der Waals surface area contributed by atoms with Gasteiger partial charge in [0, 0.05) is 33.4 Å². The van der Waals surface area contributed by atoms with E-state index in [1.54, 1.807) is 0 Å². The number of carbonyl (C=O) groups excluding carboxylic acids is 6. The molecule has 12 nitrogen and oxygen atoms in total. The van der Waals surface area contributed by atoms with Gasteiger partial charge >= 0.3 is 113 Å². The smallest absolute Gasteiger partial charge is 0.545 e. The topological polar surface area (TPSA) is 241 Å². The van der Waals surface area contributed by atoms with Gasteiger partial charge in [0.2, 0.25) is 0 Å². The van der Waals surface area contributed by atoms with Gasteiger partial charge in [-0.15, -0.1) is 0 Å². The average Bonchev–Trinajstić information content (AvgIpc) is 2.42. The molecule has 0 bridgehead atoms. The molecule has 0 atom stereocenters. The second-order valence-electron chi connectivity index (χ2n) is 3.97. The SMILES string of the molecule is O=C([O-])c1c(C(=O)[O-])c(C(=O)[O-])c(C(=O)[O-])c(C(=O)[O-])c1C(=O)[O-].[Li+].[Li+].[Li+].[Li+].[Li+].[Li+]. The van der Waals surface area contributed by atoms with Crippen molar-refractivity contribution in [1.29, 1.82) is 0 Å². The summed E-state index contributed by atoms with van der Waals surface area (Å²) in [6.07, 6.45) is 0. The summed E-state index contributed by atoms with van der Waals surface area (Å²) < 4.78 is 0. The molecular weight excluding hydrogens is 378 g/mol. The third-order valence-corrected chi connectivity index (χ3v) is 2.72. The zero-order valence-corrected chi connectivity index (χ0v) is 16.9. The minimum Gasteiger partial charge on any atom is -0.545 e. The monoisotopic (exact) mass is 378 g/mol. The third-order valence-electron chi connectivity index (χ3n) is 2.72. The summed E-state index contributed by atoms with van der Waals surface area (Å²) in [5.41, 5.74) is -12.0. The molecule has 0 aromatic heterocycles. The summed E-state index contributed by atoms with van der Waals surface area (Å²) >= 11 is 0. The van der Waals surface area contributed by atoms with Crippen LogP contribution < -0.4 is 144 Å². The number of carboxylic acids is 6. The normalized spacial score (nSPS) is 8.00. The van der Waals surface area contributed by atoms with Crippen molar-refractivity contribution in [2.45, 2.75) is 0 Å². The fourth-order valence-electron chi connectivity index (χ4n) is 1.97. The maximum absolute atomic E-state index is 11.0. The van der Waals surface area contributed by atoms with Crippen LogP contribution in [0.25, 0.3) is 0 Å². The second-order valence-corrected chi connectivity index (χ2v) is 3.97. The predicted octanol–water partition coefficient (Wildman–Crippen LogP) is -26.1. The average molecular weight is 378 g/mol. The van der Waals surface area contributed by atoms with Crippen LogP contribution >= 0.6 is 0 Å². The first-order valence-electron chi connectivity index (χ1n) is 5.45. The van der Waals surface area contributed by atoms with Crippen molar-refractivity contribution < 1.29 is 173 Å². The molecule has 1 rings (SSSR count). The summed E-state index contributed by atoms with van der Waals surface area (Å²) in [4.78, 5) is 66.0. The molecule has 18 heteroatoms. The Morgan fingerprint density at radius 1 is 0.300 bits per heavy atom. The molecule has 0 heterocycles. The van der Waals surface area contributed by atoms with E-state index in [0.29, 0.717) is 0 Å². The first-order chi connectivity index (χ1) is 10.9. The van der Waals surface area contributed by atoms with Crippen LogP contribution in [0.5, 0.6) is 0 Å². The van der Waals surface area contributed by atoms with Crippen molar-refractivity contribution in [2.75, 3.05) is 0 Å². The Morgan fingerprint density at radius 3 is 0.400 bits per heavy atom. The van der Waals surface area contributed by atoms with Crippen molar-refractivity contribution in [3.05, 3.63) is 33.4 Å². The van der Waals surface area contributed by atoms with Crippen molar-refractivity contribution >= 4 is 35.8 Å². The largest absolute Gasteiger partial charge is 1.00 e. The van der Waals surface area contributed by atoms with E-state index in [4.69, 9.17) is 0 Å². The standard InChI is InChI=1S/C12H6O12.6Li/c13-7(14)1-2(8(15)16)4(10(19)20)6(12(23)24)5(11(21)22)3(1)9(17)18;;;;;;/h(H,13,14)(H,15,16)(H,17,18)(H,19,20)(H,21,22)(H,23,24);;;;;;/q;6*+1/p-6. The van der Waals surface area contributed by atoms with E-state index in [1.807, 2.05) is 0 Å². The van der Waals surface area contributed by atoms with Crippen LogP contribution in [0, 0.1) is 0 Å². The van der Waals surface area contributed by atoms with Gasteiger partial charge in [0.05, 0.1) is 35.8 Å². The minimum atomic E-state index is -2.66. The van der Waals surface area contributed by atoms with Gasteiger partial charge in [0.1, 0.15) is 0 Å². The number of carboxylic acid groups (broad SMARTS) is 6. The molecule has 0 N–H and O–H groups in total. The van der Waals surface area contributed by atoms with E-state index in [9.17, 15) is 59.4 Å². The molecule has 30 heavy (non-hydrogen) atoms. The zero-order valence-electron chi connectivity index (χ0n) is 16.9. The summed E-state index contributed by atoms with van der Waals surface area (Å²) in [5.74, 6) is -16.0. The molecule has 126 valence electrons. The fraction of sp³-hybridized carbons (Fsp3) is 0. The van der Waals surface area contributed by atoms with Gasteiger partial charge in [-0.3, -0.25) is 0 Å². The Labute approximate surface area is 239 Å². The van der Waals surface area contributed by atoms with Crippen LogP contribution in [0.3, 0.4) is 0 Å². The van der Waals surface area contributed by atoms with Crippen molar-refractivity contribution in [2.24, 2.45) is 0 Å². The van der Waals surface area contributed by atoms with Crippen molar-refractivity contribution in [3.63, 3.8) is 0 Å². The molecule has 0 saturated carbocycles. The van der Waals surface area contributed by atoms with Gasteiger partial charge in [-0.25, -0.2) is 0 Å². The van der Waals surface area contributed by atoms with E-state index >= 15 is 0 Å². The Hall–Kier alpha value is -0.376. The molecule has 0 aliphatic heterocycles. The van der Waals surface area contributed by atoms with Gasteiger partial charge < -0.3 is 59.4 Å². The van der Waals surface area contributed by atoms with Crippen LogP contribution in [-0.2, 0) is 0 Å². The number of benzene rings is 1. The third kappa shape index (κ3) is 8.63. The molecular formula is C12Li6O12. The molecule has 0 amide bonds.